The van der Waals surface area contributed by atoms with E-state index >= 15 is 0 Å². The third kappa shape index (κ3) is 302. The molecule has 0 rings (SSSR count). The quantitative estimate of drug-likeness (QED) is 0.261. The van der Waals surface area contributed by atoms with E-state index in [0.29, 0.717) is 0 Å². The van der Waals surface area contributed by atoms with Crippen LogP contribution in [-0.2, 0) is 0 Å². The number of quaternary nitrogens is 1. The first kappa shape index (κ1) is 5.27. The lowest BCUT2D eigenvalue weighted by molar-refractivity contribution is -0.688. The second-order valence-electron chi connectivity index (χ2n) is 1.29. The van der Waals surface area contributed by atoms with Crippen LogP contribution in [0.3, 0.4) is 0 Å². The molecule has 0 fully saturated rings. The zero-order valence-electron chi connectivity index (χ0n) is 3.30. The Morgan fingerprint density at radius 2 is 1.60 bits per heavy atom. The van der Waals surface area contributed by atoms with Crippen LogP contribution in [0.15, 0.2) is 0 Å². The molecule has 32 valence electrons. The van der Waals surface area contributed by atoms with Crippen LogP contribution < -0.4 is 0 Å². The largest absolute Gasteiger partial charge is 0.621 e. The van der Waals surface area contributed by atoms with E-state index in [-0.39, 0.29) is 0 Å². The summed E-state index contributed by atoms with van der Waals surface area (Å²) < 4.78 is -0.556. The van der Waals surface area contributed by atoms with Crippen molar-refractivity contribution in [2.75, 3.05) is 14.1 Å². The summed E-state index contributed by atoms with van der Waals surface area (Å²) in [6.45, 7) is 0. The highest BCUT2D eigenvalue weighted by molar-refractivity contribution is 7.74. The van der Waals surface area contributed by atoms with Gasteiger partial charge in [0.05, 0.1) is 26.9 Å². The molecule has 0 saturated carbocycles. The Labute approximate surface area is 37.1 Å². The Kier molecular flexibility index (Phi) is 1.22. The monoisotopic (exact) mass is 93.0 g/mol. The second kappa shape index (κ2) is 1.16. The highest BCUT2D eigenvalue weighted by Gasteiger charge is 1.82. The second-order valence-corrected chi connectivity index (χ2v) is 2.26. The molecule has 0 aromatic carbocycles. The molecular weight excluding hydrogens is 86.1 g/mol. The van der Waals surface area contributed by atoms with Gasteiger partial charge in [0, 0.05) is 0 Å². The first-order valence-electron chi connectivity index (χ1n) is 1.28. The molecule has 0 N–H and O–H groups in total. The molecule has 0 amide bonds. The zero-order chi connectivity index (χ0) is 4.50. The standard InChI is InChI=1S/C2H7NOS/c1-3(2,4)5/h5H,1-2H3. The van der Waals surface area contributed by atoms with E-state index in [0.717, 1.165) is 0 Å². The Morgan fingerprint density at radius 1 is 1.60 bits per heavy atom. The van der Waals surface area contributed by atoms with Crippen molar-refractivity contribution in [1.82, 2.24) is 0 Å². The van der Waals surface area contributed by atoms with Gasteiger partial charge < -0.3 is 9.26 Å². The summed E-state index contributed by atoms with van der Waals surface area (Å²) in [6, 6.07) is 0. The van der Waals surface area contributed by atoms with Crippen LogP contribution in [0.25, 0.3) is 0 Å². The third-order valence-electron chi connectivity index (χ3n) is 0. The van der Waals surface area contributed by atoms with Crippen molar-refractivity contribution in [1.29, 1.82) is 0 Å². The van der Waals surface area contributed by atoms with E-state index in [1.54, 1.807) is 0 Å². The van der Waals surface area contributed by atoms with Gasteiger partial charge in [-0.05, 0) is 0 Å². The summed E-state index contributed by atoms with van der Waals surface area (Å²) in [5, 5.41) is 9.91. The van der Waals surface area contributed by atoms with Crippen molar-refractivity contribution in [3.63, 3.8) is 0 Å². The maximum Gasteiger partial charge on any atom is 0.0781 e. The number of rotatable bonds is 0. The maximum atomic E-state index is 9.91. The van der Waals surface area contributed by atoms with Gasteiger partial charge in [-0.25, -0.2) is 0 Å². The minimum atomic E-state index is -0.556. The van der Waals surface area contributed by atoms with Crippen LogP contribution >= 0.6 is 12.8 Å². The first-order chi connectivity index (χ1) is 2.00. The molecular formula is C2H7NOS. The van der Waals surface area contributed by atoms with Gasteiger partial charge in [0.1, 0.15) is 0 Å². The van der Waals surface area contributed by atoms with Crippen LogP contribution in [0.1, 0.15) is 0 Å². The summed E-state index contributed by atoms with van der Waals surface area (Å²) in [5.41, 5.74) is 0. The smallest absolute Gasteiger partial charge is 0.0781 e. The number of hydroxylamine groups is 2. The van der Waals surface area contributed by atoms with Crippen molar-refractivity contribution < 1.29 is 4.05 Å². The van der Waals surface area contributed by atoms with Crippen molar-refractivity contribution in [3.8, 4) is 0 Å². The lowest BCUT2D eigenvalue weighted by atomic mass is 11.2. The Hall–Kier alpha value is 0.270. The van der Waals surface area contributed by atoms with Crippen LogP contribution in [-0.4, -0.2) is 18.1 Å². The maximum absolute atomic E-state index is 9.91. The topological polar surface area (TPSA) is 23.1 Å². The van der Waals surface area contributed by atoms with E-state index in [9.17, 15) is 5.21 Å². The average Bonchev–Trinajstić information content (AvgIpc) is 0.722. The molecule has 0 aliphatic heterocycles. The van der Waals surface area contributed by atoms with Gasteiger partial charge in [-0.3, -0.25) is 0 Å². The average molecular weight is 93.2 g/mol. The summed E-state index contributed by atoms with van der Waals surface area (Å²) in [6.07, 6.45) is 0. The van der Waals surface area contributed by atoms with E-state index < -0.39 is 4.05 Å². The summed E-state index contributed by atoms with van der Waals surface area (Å²) in [5.74, 6) is 0. The summed E-state index contributed by atoms with van der Waals surface area (Å²) in [4.78, 5) is 0. The molecule has 0 aromatic heterocycles. The van der Waals surface area contributed by atoms with Crippen molar-refractivity contribution >= 4 is 12.8 Å². The highest BCUT2D eigenvalue weighted by atomic mass is 32.1. The van der Waals surface area contributed by atoms with E-state index in [2.05, 4.69) is 12.8 Å². The van der Waals surface area contributed by atoms with Crippen LogP contribution in [0.4, 0.5) is 0 Å². The lowest BCUT2D eigenvalue weighted by Gasteiger charge is -2.23. The molecule has 0 unspecified atom stereocenters. The van der Waals surface area contributed by atoms with E-state index in [1.165, 1.54) is 14.1 Å². The minimum absolute atomic E-state index is 0.556. The Balaban J connectivity index is 3.02. The lowest BCUT2D eigenvalue weighted by Crippen LogP contribution is -2.17. The van der Waals surface area contributed by atoms with Gasteiger partial charge in [-0.1, -0.05) is 0 Å². The van der Waals surface area contributed by atoms with Crippen LogP contribution in [0, 0.1) is 5.21 Å². The first-order valence-corrected chi connectivity index (χ1v) is 1.68. The summed E-state index contributed by atoms with van der Waals surface area (Å²) in [7, 11) is 2.87. The number of hydrogen-bond donors (Lipinski definition) is 1. The van der Waals surface area contributed by atoms with Gasteiger partial charge in [0.15, 0.2) is 0 Å². The molecule has 5 heavy (non-hydrogen) atoms. The Bertz CT molecular complexity index is 25.1. The molecule has 0 radical (unpaired) electrons. The number of hydrogen-bond acceptors (Lipinski definition) is 2. The molecule has 0 aliphatic rings. The molecule has 0 saturated heterocycles. The minimum Gasteiger partial charge on any atom is -0.621 e. The Morgan fingerprint density at radius 3 is 1.60 bits per heavy atom. The van der Waals surface area contributed by atoms with Crippen LogP contribution in [0.5, 0.6) is 0 Å². The van der Waals surface area contributed by atoms with Crippen LogP contribution in [0.2, 0.25) is 0 Å². The van der Waals surface area contributed by atoms with Gasteiger partial charge in [0.2, 0.25) is 0 Å². The SMILES string of the molecule is C[N+](C)([O-])S. The van der Waals surface area contributed by atoms with E-state index in [1.807, 2.05) is 0 Å². The molecule has 3 heteroatoms. The predicted molar refractivity (Wildman–Crippen MR) is 24.5 cm³/mol. The zero-order valence-corrected chi connectivity index (χ0v) is 4.20. The molecule has 0 spiro atoms. The van der Waals surface area contributed by atoms with Crippen molar-refractivity contribution in [3.05, 3.63) is 5.21 Å². The van der Waals surface area contributed by atoms with Gasteiger partial charge in [-0.2, -0.15) is 0 Å². The molecule has 0 bridgehead atoms. The molecule has 0 heterocycles. The molecule has 0 atom stereocenters. The summed E-state index contributed by atoms with van der Waals surface area (Å²) >= 11 is 3.50. The fraction of sp³-hybridized carbons (Fsp3) is 1.00. The fourth-order valence-corrected chi connectivity index (χ4v) is 0. The van der Waals surface area contributed by atoms with Gasteiger partial charge in [-0.15, -0.1) is 0 Å². The van der Waals surface area contributed by atoms with Gasteiger partial charge >= 0.3 is 0 Å². The number of thiol groups is 1. The molecule has 0 aromatic rings. The highest BCUT2D eigenvalue weighted by Crippen LogP contribution is 1.92. The molecule has 2 nitrogen and oxygen atoms in total. The van der Waals surface area contributed by atoms with E-state index in [4.69, 9.17) is 0 Å². The third-order valence-corrected chi connectivity index (χ3v) is 0. The number of nitrogens with zero attached hydrogens (tertiary/aromatic N) is 1. The fourth-order valence-electron chi connectivity index (χ4n) is 0. The van der Waals surface area contributed by atoms with Crippen molar-refractivity contribution in [2.24, 2.45) is 0 Å². The molecule has 0 aliphatic carbocycles. The normalized spacial score (nSPS) is 12.0. The van der Waals surface area contributed by atoms with Gasteiger partial charge in [0.25, 0.3) is 0 Å². The predicted octanol–water partition coefficient (Wildman–Crippen LogP) is 0.405. The van der Waals surface area contributed by atoms with Crippen molar-refractivity contribution in [2.45, 2.75) is 0 Å².